The van der Waals surface area contributed by atoms with Crippen molar-refractivity contribution in [1.29, 1.82) is 0 Å². The van der Waals surface area contributed by atoms with Crippen LogP contribution in [-0.4, -0.2) is 9.55 Å². The van der Waals surface area contributed by atoms with Crippen LogP contribution in [0.3, 0.4) is 0 Å². The zero-order valence-electron chi connectivity index (χ0n) is 11.7. The lowest BCUT2D eigenvalue weighted by molar-refractivity contribution is 0.773. The summed E-state index contributed by atoms with van der Waals surface area (Å²) in [5, 5.41) is 0.646. The van der Waals surface area contributed by atoms with Gasteiger partial charge < -0.3 is 0 Å². The van der Waals surface area contributed by atoms with Gasteiger partial charge in [-0.3, -0.25) is 9.36 Å². The molecule has 0 N–H and O–H groups in total. The Morgan fingerprint density at radius 2 is 1.81 bits per heavy atom. The van der Waals surface area contributed by atoms with Gasteiger partial charge >= 0.3 is 0 Å². The Labute approximate surface area is 131 Å². The minimum Gasteiger partial charge on any atom is -0.268 e. The summed E-state index contributed by atoms with van der Waals surface area (Å²) in [5.41, 5.74) is 1.58. The van der Waals surface area contributed by atoms with Crippen LogP contribution < -0.4 is 5.56 Å². The van der Waals surface area contributed by atoms with Crippen LogP contribution in [0.2, 0.25) is 0 Å². The maximum Gasteiger partial charge on any atom is 0.266 e. The van der Waals surface area contributed by atoms with Crippen LogP contribution in [0, 0.1) is 0 Å². The van der Waals surface area contributed by atoms with Gasteiger partial charge in [0.05, 0.1) is 16.6 Å². The fraction of sp³-hybridized carbons (Fsp3) is 0.176. The van der Waals surface area contributed by atoms with Crippen molar-refractivity contribution in [3.8, 4) is 5.69 Å². The number of hydrogen-bond donors (Lipinski definition) is 0. The van der Waals surface area contributed by atoms with Gasteiger partial charge in [0.15, 0.2) is 0 Å². The Balaban J connectivity index is 2.40. The number of benzene rings is 2. The second-order valence-corrected chi connectivity index (χ2v) is 5.74. The number of halogens is 1. The van der Waals surface area contributed by atoms with Crippen LogP contribution in [0.4, 0.5) is 0 Å². The molecular formula is C17H15BrN2O. The smallest absolute Gasteiger partial charge is 0.266 e. The van der Waals surface area contributed by atoms with Crippen LogP contribution in [0.25, 0.3) is 16.6 Å². The molecule has 3 aromatic rings. The molecule has 0 aliphatic heterocycles. The molecule has 3 rings (SSSR count). The van der Waals surface area contributed by atoms with E-state index in [0.29, 0.717) is 5.39 Å². The van der Waals surface area contributed by atoms with Crippen molar-refractivity contribution < 1.29 is 0 Å². The van der Waals surface area contributed by atoms with Gasteiger partial charge in [-0.25, -0.2) is 4.98 Å². The summed E-state index contributed by atoms with van der Waals surface area (Å²) in [4.78, 5) is 17.6. The van der Waals surface area contributed by atoms with E-state index >= 15 is 0 Å². The highest BCUT2D eigenvalue weighted by Crippen LogP contribution is 2.21. The van der Waals surface area contributed by atoms with Crippen molar-refractivity contribution in [3.05, 3.63) is 69.2 Å². The minimum atomic E-state index is -0.0176. The van der Waals surface area contributed by atoms with E-state index in [-0.39, 0.29) is 5.56 Å². The summed E-state index contributed by atoms with van der Waals surface area (Å²) in [7, 11) is 0. The van der Waals surface area contributed by atoms with E-state index in [1.54, 1.807) is 4.57 Å². The second kappa shape index (κ2) is 5.82. The maximum atomic E-state index is 12.9. The number of para-hydroxylation sites is 2. The van der Waals surface area contributed by atoms with Gasteiger partial charge in [0, 0.05) is 10.9 Å². The molecule has 0 aliphatic carbocycles. The molecule has 0 saturated carbocycles. The molecule has 0 atom stereocenters. The molecule has 0 radical (unpaired) electrons. The van der Waals surface area contributed by atoms with Gasteiger partial charge in [0.1, 0.15) is 5.82 Å². The van der Waals surface area contributed by atoms with E-state index in [9.17, 15) is 4.79 Å². The summed E-state index contributed by atoms with van der Waals surface area (Å²) >= 11 is 3.53. The molecule has 3 nitrogen and oxygen atoms in total. The van der Waals surface area contributed by atoms with Gasteiger partial charge in [-0.2, -0.15) is 0 Å². The lowest BCUT2D eigenvalue weighted by atomic mass is 10.2. The first-order valence-electron chi connectivity index (χ1n) is 6.98. The van der Waals surface area contributed by atoms with E-state index in [1.165, 1.54) is 0 Å². The molecule has 21 heavy (non-hydrogen) atoms. The number of hydrogen-bond acceptors (Lipinski definition) is 2. The molecule has 0 fully saturated rings. The largest absolute Gasteiger partial charge is 0.268 e. The first-order chi connectivity index (χ1) is 10.2. The topological polar surface area (TPSA) is 34.9 Å². The number of aryl methyl sites for hydroxylation is 1. The van der Waals surface area contributed by atoms with Crippen molar-refractivity contribution in [2.24, 2.45) is 0 Å². The molecule has 106 valence electrons. The van der Waals surface area contributed by atoms with Gasteiger partial charge in [0.25, 0.3) is 5.56 Å². The molecular weight excluding hydrogens is 328 g/mol. The van der Waals surface area contributed by atoms with Crippen LogP contribution in [0.15, 0.2) is 57.8 Å². The third kappa shape index (κ3) is 2.51. The number of rotatable bonds is 3. The van der Waals surface area contributed by atoms with Gasteiger partial charge in [-0.05, 0) is 46.6 Å². The summed E-state index contributed by atoms with van der Waals surface area (Å²) in [5.74, 6) is 0.799. The predicted octanol–water partition coefficient (Wildman–Crippen LogP) is 4.10. The van der Waals surface area contributed by atoms with Crippen LogP contribution in [0.5, 0.6) is 0 Å². The molecule has 1 aromatic heterocycles. The van der Waals surface area contributed by atoms with E-state index in [0.717, 1.165) is 34.3 Å². The Kier molecular flexibility index (Phi) is 3.88. The standard InChI is InChI=1S/C17H15BrN2O/c1-2-7-16-19-14-10-5-3-8-12(14)17(21)20(16)15-11-6-4-9-13(15)18/h3-6,8-11H,2,7H2,1H3. The molecule has 0 amide bonds. The van der Waals surface area contributed by atoms with Crippen molar-refractivity contribution in [2.45, 2.75) is 19.8 Å². The molecule has 0 saturated heterocycles. The van der Waals surface area contributed by atoms with E-state index < -0.39 is 0 Å². The third-order valence-electron chi connectivity index (χ3n) is 3.41. The van der Waals surface area contributed by atoms with Crippen molar-refractivity contribution in [3.63, 3.8) is 0 Å². The van der Waals surface area contributed by atoms with Crippen molar-refractivity contribution in [2.75, 3.05) is 0 Å². The second-order valence-electron chi connectivity index (χ2n) is 4.89. The SMILES string of the molecule is CCCc1nc2ccccc2c(=O)n1-c1ccccc1Br. The molecule has 4 heteroatoms. The Bertz CT molecular complexity index is 855. The molecule has 0 bridgehead atoms. The number of aromatic nitrogens is 2. The monoisotopic (exact) mass is 342 g/mol. The number of fused-ring (bicyclic) bond motifs is 1. The lowest BCUT2D eigenvalue weighted by Gasteiger charge is -2.14. The molecule has 0 unspecified atom stereocenters. The molecule has 0 spiro atoms. The highest BCUT2D eigenvalue weighted by Gasteiger charge is 2.13. The summed E-state index contributed by atoms with van der Waals surface area (Å²) in [6, 6.07) is 15.2. The van der Waals surface area contributed by atoms with Crippen LogP contribution >= 0.6 is 15.9 Å². The van der Waals surface area contributed by atoms with Crippen molar-refractivity contribution in [1.82, 2.24) is 9.55 Å². The fourth-order valence-corrected chi connectivity index (χ4v) is 2.91. The van der Waals surface area contributed by atoms with Gasteiger partial charge in [-0.1, -0.05) is 31.2 Å². The van der Waals surface area contributed by atoms with E-state index in [1.807, 2.05) is 48.5 Å². The summed E-state index contributed by atoms with van der Waals surface area (Å²) < 4.78 is 2.61. The first kappa shape index (κ1) is 14.0. The Morgan fingerprint density at radius 1 is 1.10 bits per heavy atom. The first-order valence-corrected chi connectivity index (χ1v) is 7.77. The molecule has 2 aromatic carbocycles. The van der Waals surface area contributed by atoms with Crippen molar-refractivity contribution >= 4 is 26.8 Å². The predicted molar refractivity (Wildman–Crippen MR) is 89.0 cm³/mol. The third-order valence-corrected chi connectivity index (χ3v) is 4.08. The quantitative estimate of drug-likeness (QED) is 0.718. The fourth-order valence-electron chi connectivity index (χ4n) is 2.45. The highest BCUT2D eigenvalue weighted by atomic mass is 79.9. The lowest BCUT2D eigenvalue weighted by Crippen LogP contribution is -2.24. The average molecular weight is 343 g/mol. The zero-order valence-corrected chi connectivity index (χ0v) is 13.3. The van der Waals surface area contributed by atoms with Crippen LogP contribution in [0.1, 0.15) is 19.2 Å². The normalized spacial score (nSPS) is 11.0. The minimum absolute atomic E-state index is 0.0176. The maximum absolute atomic E-state index is 12.9. The number of nitrogens with zero attached hydrogens (tertiary/aromatic N) is 2. The molecule has 0 aliphatic rings. The average Bonchev–Trinajstić information content (AvgIpc) is 2.49. The van der Waals surface area contributed by atoms with Gasteiger partial charge in [0.2, 0.25) is 0 Å². The molecule has 1 heterocycles. The summed E-state index contributed by atoms with van der Waals surface area (Å²) in [6.45, 7) is 2.09. The highest BCUT2D eigenvalue weighted by molar-refractivity contribution is 9.10. The van der Waals surface area contributed by atoms with Crippen LogP contribution in [-0.2, 0) is 6.42 Å². The Hall–Kier alpha value is -1.94. The zero-order chi connectivity index (χ0) is 14.8. The van der Waals surface area contributed by atoms with E-state index in [2.05, 4.69) is 27.8 Å². The Morgan fingerprint density at radius 3 is 2.57 bits per heavy atom. The van der Waals surface area contributed by atoms with Gasteiger partial charge in [-0.15, -0.1) is 0 Å². The summed E-state index contributed by atoms with van der Waals surface area (Å²) in [6.07, 6.45) is 1.71. The van der Waals surface area contributed by atoms with E-state index in [4.69, 9.17) is 0 Å².